The number of unbranched alkanes of at least 4 members (excludes halogenated alkanes) is 1. The summed E-state index contributed by atoms with van der Waals surface area (Å²) in [5.74, 6) is -0.291. The van der Waals surface area contributed by atoms with E-state index in [0.717, 1.165) is 25.7 Å². The molecule has 106 valence electrons. The predicted molar refractivity (Wildman–Crippen MR) is 73.8 cm³/mol. The van der Waals surface area contributed by atoms with Crippen LogP contribution in [0.25, 0.3) is 0 Å². The summed E-state index contributed by atoms with van der Waals surface area (Å²) in [4.78, 5) is 11.2. The summed E-state index contributed by atoms with van der Waals surface area (Å²) in [5, 5.41) is 18.2. The highest BCUT2D eigenvalue weighted by atomic mass is 16.5. The Morgan fingerprint density at radius 2 is 2.05 bits per heavy atom. The van der Waals surface area contributed by atoms with Gasteiger partial charge < -0.3 is 9.84 Å². The first-order valence-corrected chi connectivity index (χ1v) is 7.04. The number of cyclic esters (lactones) is 1. The number of nitriles is 1. The zero-order valence-corrected chi connectivity index (χ0v) is 11.4. The first-order valence-electron chi connectivity index (χ1n) is 7.04. The summed E-state index contributed by atoms with van der Waals surface area (Å²) in [6.45, 7) is 0. The standard InChI is InChI=1S/C16H19NO3/c17-11-13-7-5-12(6-8-13)3-1-2-4-15-9-14(18)10-16(19)20-15/h5-8,14-15,18H,1-4,9-10H2/t14-,15-/m0/s1. The van der Waals surface area contributed by atoms with Crippen LogP contribution in [0.1, 0.15) is 43.2 Å². The van der Waals surface area contributed by atoms with Gasteiger partial charge >= 0.3 is 5.97 Å². The third-order valence-corrected chi connectivity index (χ3v) is 3.56. The average molecular weight is 273 g/mol. The van der Waals surface area contributed by atoms with Gasteiger partial charge in [-0.25, -0.2) is 0 Å². The van der Waals surface area contributed by atoms with E-state index in [1.54, 1.807) is 0 Å². The third-order valence-electron chi connectivity index (χ3n) is 3.56. The second-order valence-electron chi connectivity index (χ2n) is 5.26. The maximum absolute atomic E-state index is 11.2. The molecule has 1 heterocycles. The lowest BCUT2D eigenvalue weighted by molar-refractivity contribution is -0.160. The smallest absolute Gasteiger partial charge is 0.308 e. The lowest BCUT2D eigenvalue weighted by atomic mass is 9.99. The lowest BCUT2D eigenvalue weighted by Gasteiger charge is -2.25. The van der Waals surface area contributed by atoms with Gasteiger partial charge in [-0.2, -0.15) is 5.26 Å². The molecule has 0 radical (unpaired) electrons. The van der Waals surface area contributed by atoms with Gasteiger partial charge in [0.1, 0.15) is 6.10 Å². The zero-order valence-electron chi connectivity index (χ0n) is 11.4. The van der Waals surface area contributed by atoms with Crippen LogP contribution < -0.4 is 0 Å². The van der Waals surface area contributed by atoms with Crippen molar-refractivity contribution in [3.05, 3.63) is 35.4 Å². The predicted octanol–water partition coefficient (Wildman–Crippen LogP) is 2.34. The molecular formula is C16H19NO3. The highest BCUT2D eigenvalue weighted by Crippen LogP contribution is 2.20. The van der Waals surface area contributed by atoms with E-state index in [4.69, 9.17) is 10.00 Å². The SMILES string of the molecule is N#Cc1ccc(CCCC[C@H]2C[C@H](O)CC(=O)O2)cc1. The normalized spacial score (nSPS) is 22.1. The molecule has 1 fully saturated rings. The van der Waals surface area contributed by atoms with Crippen LogP contribution >= 0.6 is 0 Å². The van der Waals surface area contributed by atoms with Crippen LogP contribution in [0.2, 0.25) is 0 Å². The highest BCUT2D eigenvalue weighted by Gasteiger charge is 2.26. The Balaban J connectivity index is 1.68. The maximum atomic E-state index is 11.2. The Morgan fingerprint density at radius 3 is 2.70 bits per heavy atom. The fourth-order valence-corrected chi connectivity index (χ4v) is 2.49. The number of ether oxygens (including phenoxy) is 1. The van der Waals surface area contributed by atoms with Crippen molar-refractivity contribution < 1.29 is 14.6 Å². The molecule has 2 atom stereocenters. The number of aliphatic hydroxyl groups excluding tert-OH is 1. The molecule has 0 spiro atoms. The number of benzene rings is 1. The Labute approximate surface area is 119 Å². The van der Waals surface area contributed by atoms with Crippen LogP contribution in [-0.2, 0) is 16.0 Å². The Bertz CT molecular complexity index is 489. The average Bonchev–Trinajstić information content (AvgIpc) is 2.43. The van der Waals surface area contributed by atoms with E-state index in [2.05, 4.69) is 6.07 Å². The van der Waals surface area contributed by atoms with Crippen LogP contribution in [0.5, 0.6) is 0 Å². The number of carbonyl (C=O) groups excluding carboxylic acids is 1. The summed E-state index contributed by atoms with van der Waals surface area (Å²) in [5.41, 5.74) is 1.89. The third kappa shape index (κ3) is 4.36. The lowest BCUT2D eigenvalue weighted by Crippen LogP contribution is -2.32. The number of aliphatic hydroxyl groups is 1. The van der Waals surface area contributed by atoms with E-state index < -0.39 is 6.10 Å². The van der Waals surface area contributed by atoms with E-state index in [0.29, 0.717) is 12.0 Å². The number of hydrogen-bond acceptors (Lipinski definition) is 4. The van der Waals surface area contributed by atoms with E-state index in [9.17, 15) is 9.90 Å². The topological polar surface area (TPSA) is 70.3 Å². The molecule has 0 aliphatic carbocycles. The molecule has 1 aliphatic heterocycles. The number of aryl methyl sites for hydroxylation is 1. The highest BCUT2D eigenvalue weighted by molar-refractivity contribution is 5.70. The van der Waals surface area contributed by atoms with Crippen molar-refractivity contribution in [2.45, 2.75) is 50.7 Å². The molecule has 0 amide bonds. The molecule has 4 heteroatoms. The molecule has 0 saturated carbocycles. The Hall–Kier alpha value is -1.86. The van der Waals surface area contributed by atoms with E-state index in [-0.39, 0.29) is 18.5 Å². The fourth-order valence-electron chi connectivity index (χ4n) is 2.49. The summed E-state index contributed by atoms with van der Waals surface area (Å²) in [7, 11) is 0. The fraction of sp³-hybridized carbons (Fsp3) is 0.500. The molecule has 1 aromatic carbocycles. The van der Waals surface area contributed by atoms with Gasteiger partial charge in [-0.05, 0) is 43.4 Å². The quantitative estimate of drug-likeness (QED) is 0.660. The van der Waals surface area contributed by atoms with E-state index in [1.807, 2.05) is 24.3 Å². The van der Waals surface area contributed by atoms with Crippen molar-refractivity contribution in [2.24, 2.45) is 0 Å². The summed E-state index contributed by atoms with van der Waals surface area (Å²) in [6.07, 6.45) is 3.74. The Kier molecular flexibility index (Phi) is 5.14. The van der Waals surface area contributed by atoms with Gasteiger partial charge in [0.15, 0.2) is 0 Å². The summed E-state index contributed by atoms with van der Waals surface area (Å²) in [6, 6.07) is 9.71. The zero-order chi connectivity index (χ0) is 14.4. The molecule has 1 aliphatic rings. The molecule has 1 saturated heterocycles. The number of hydrogen-bond donors (Lipinski definition) is 1. The first kappa shape index (κ1) is 14.5. The molecule has 20 heavy (non-hydrogen) atoms. The van der Waals surface area contributed by atoms with Crippen LogP contribution in [0.3, 0.4) is 0 Å². The van der Waals surface area contributed by atoms with Gasteiger partial charge in [0.2, 0.25) is 0 Å². The van der Waals surface area contributed by atoms with Gasteiger partial charge in [0, 0.05) is 6.42 Å². The number of esters is 1. The van der Waals surface area contributed by atoms with Crippen molar-refractivity contribution in [1.82, 2.24) is 0 Å². The van der Waals surface area contributed by atoms with Gasteiger partial charge in [-0.1, -0.05) is 12.1 Å². The van der Waals surface area contributed by atoms with Gasteiger partial charge in [-0.3, -0.25) is 4.79 Å². The Morgan fingerprint density at radius 1 is 1.30 bits per heavy atom. The molecule has 0 aromatic heterocycles. The van der Waals surface area contributed by atoms with Crippen molar-refractivity contribution in [2.75, 3.05) is 0 Å². The summed E-state index contributed by atoms with van der Waals surface area (Å²) < 4.78 is 5.20. The van der Waals surface area contributed by atoms with Crippen molar-refractivity contribution in [1.29, 1.82) is 5.26 Å². The first-order chi connectivity index (χ1) is 9.67. The molecule has 4 nitrogen and oxygen atoms in total. The molecular weight excluding hydrogens is 254 g/mol. The van der Waals surface area contributed by atoms with Crippen LogP contribution in [0, 0.1) is 11.3 Å². The number of rotatable bonds is 5. The van der Waals surface area contributed by atoms with Crippen molar-refractivity contribution in [3.8, 4) is 6.07 Å². The molecule has 0 unspecified atom stereocenters. The van der Waals surface area contributed by atoms with E-state index >= 15 is 0 Å². The van der Waals surface area contributed by atoms with Crippen LogP contribution in [0.4, 0.5) is 0 Å². The van der Waals surface area contributed by atoms with Crippen LogP contribution in [-0.4, -0.2) is 23.3 Å². The van der Waals surface area contributed by atoms with Gasteiger partial charge in [0.25, 0.3) is 0 Å². The maximum Gasteiger partial charge on any atom is 0.308 e. The number of carbonyl (C=O) groups is 1. The second-order valence-corrected chi connectivity index (χ2v) is 5.26. The second kappa shape index (κ2) is 7.06. The van der Waals surface area contributed by atoms with Gasteiger partial charge in [-0.15, -0.1) is 0 Å². The minimum absolute atomic E-state index is 0.127. The van der Waals surface area contributed by atoms with E-state index in [1.165, 1.54) is 5.56 Å². The van der Waals surface area contributed by atoms with Gasteiger partial charge in [0.05, 0.1) is 24.2 Å². The monoisotopic (exact) mass is 273 g/mol. The molecule has 0 bridgehead atoms. The molecule has 1 aromatic rings. The minimum Gasteiger partial charge on any atom is -0.462 e. The number of nitrogens with zero attached hydrogens (tertiary/aromatic N) is 1. The largest absolute Gasteiger partial charge is 0.462 e. The van der Waals surface area contributed by atoms with Crippen molar-refractivity contribution in [3.63, 3.8) is 0 Å². The molecule has 2 rings (SSSR count). The summed E-state index contributed by atoms with van der Waals surface area (Å²) >= 11 is 0. The molecule has 1 N–H and O–H groups in total. The van der Waals surface area contributed by atoms with Crippen LogP contribution in [0.15, 0.2) is 24.3 Å². The van der Waals surface area contributed by atoms with Crippen molar-refractivity contribution >= 4 is 5.97 Å². The minimum atomic E-state index is -0.542.